The van der Waals surface area contributed by atoms with Crippen LogP contribution in [0.1, 0.15) is 48.2 Å². The Morgan fingerprint density at radius 1 is 1.02 bits per heavy atom. The number of nitrogens with zero attached hydrogens (tertiary/aromatic N) is 5. The Bertz CT molecular complexity index is 1700. The topological polar surface area (TPSA) is 105 Å². The van der Waals surface area contributed by atoms with Crippen LogP contribution in [0.15, 0.2) is 59.7 Å². The summed E-state index contributed by atoms with van der Waals surface area (Å²) in [7, 11) is 0. The zero-order valence-electron chi connectivity index (χ0n) is 23.1. The fraction of sp³-hybridized carbons (Fsp3) is 0.400. The van der Waals surface area contributed by atoms with Crippen LogP contribution in [0.25, 0.3) is 16.7 Å². The van der Waals surface area contributed by atoms with Crippen molar-refractivity contribution in [2.24, 2.45) is 5.92 Å². The number of benzene rings is 1. The van der Waals surface area contributed by atoms with Crippen molar-refractivity contribution in [3.05, 3.63) is 81.6 Å². The number of β-amino-alcohol motifs (C(OH)–C–C–N with tert-alkyl or cyclic N) is 1. The molecule has 43 heavy (non-hydrogen) atoms. The summed E-state index contributed by atoms with van der Waals surface area (Å²) in [4.78, 5) is 36.4. The molecule has 4 aromatic rings. The first-order valence-corrected chi connectivity index (χ1v) is 14.6. The van der Waals surface area contributed by atoms with Gasteiger partial charge in [0.05, 0.1) is 39.6 Å². The highest BCUT2D eigenvalue weighted by Gasteiger charge is 2.38. The molecule has 0 spiro atoms. The van der Waals surface area contributed by atoms with Crippen molar-refractivity contribution >= 4 is 34.4 Å². The molecule has 1 saturated heterocycles. The quantitative estimate of drug-likeness (QED) is 0.323. The number of anilines is 1. The van der Waals surface area contributed by atoms with Crippen LogP contribution in [0.5, 0.6) is 0 Å². The number of halogens is 4. The van der Waals surface area contributed by atoms with E-state index in [1.165, 1.54) is 0 Å². The number of rotatable bonds is 6. The second-order valence-corrected chi connectivity index (χ2v) is 11.7. The van der Waals surface area contributed by atoms with E-state index in [0.29, 0.717) is 50.9 Å². The van der Waals surface area contributed by atoms with Crippen molar-refractivity contribution < 1.29 is 23.1 Å². The van der Waals surface area contributed by atoms with Gasteiger partial charge in [0.25, 0.3) is 5.91 Å². The summed E-state index contributed by atoms with van der Waals surface area (Å²) < 4.78 is 43.6. The number of aliphatic hydroxyl groups is 1. The highest BCUT2D eigenvalue weighted by Crippen LogP contribution is 2.32. The number of carbonyl (C=O) groups is 1. The van der Waals surface area contributed by atoms with Crippen LogP contribution in [0.4, 0.5) is 19.0 Å². The van der Waals surface area contributed by atoms with Crippen molar-refractivity contribution in [3.63, 3.8) is 0 Å². The summed E-state index contributed by atoms with van der Waals surface area (Å²) in [5.74, 6) is 0.0403. The number of pyridine rings is 2. The van der Waals surface area contributed by atoms with Gasteiger partial charge in [0.2, 0.25) is 0 Å². The fourth-order valence-electron chi connectivity index (χ4n) is 6.13. The van der Waals surface area contributed by atoms with E-state index in [9.17, 15) is 27.9 Å². The van der Waals surface area contributed by atoms with E-state index < -0.39 is 23.3 Å². The van der Waals surface area contributed by atoms with Crippen LogP contribution in [-0.2, 0) is 12.7 Å². The molecular formula is C30H30ClF3N6O3. The number of hydrogen-bond donors (Lipinski definition) is 2. The van der Waals surface area contributed by atoms with Gasteiger partial charge >= 0.3 is 11.9 Å². The number of alkyl halides is 3. The lowest BCUT2D eigenvalue weighted by molar-refractivity contribution is -0.141. The van der Waals surface area contributed by atoms with E-state index in [4.69, 9.17) is 11.6 Å². The van der Waals surface area contributed by atoms with Crippen LogP contribution in [0.2, 0.25) is 5.02 Å². The largest absolute Gasteiger partial charge is 0.434 e. The molecule has 0 radical (unpaired) electrons. The first-order chi connectivity index (χ1) is 20.6. The van der Waals surface area contributed by atoms with Gasteiger partial charge in [-0.15, -0.1) is 0 Å². The molecule has 13 heteroatoms. The predicted octanol–water partition coefficient (Wildman–Crippen LogP) is 4.81. The molecule has 1 atom stereocenters. The number of amides is 1. The number of para-hydroxylation sites is 2. The second-order valence-electron chi connectivity index (χ2n) is 11.2. The van der Waals surface area contributed by atoms with E-state index in [-0.39, 0.29) is 28.8 Å². The summed E-state index contributed by atoms with van der Waals surface area (Å²) in [6.07, 6.45) is 0.605. The van der Waals surface area contributed by atoms with Gasteiger partial charge in [0.15, 0.2) is 5.69 Å². The zero-order chi connectivity index (χ0) is 30.3. The Hall–Kier alpha value is -3.90. The minimum Gasteiger partial charge on any atom is -0.391 e. The molecule has 9 nitrogen and oxygen atoms in total. The van der Waals surface area contributed by atoms with Gasteiger partial charge in [-0.2, -0.15) is 13.2 Å². The van der Waals surface area contributed by atoms with Crippen LogP contribution >= 0.6 is 11.6 Å². The van der Waals surface area contributed by atoms with Gasteiger partial charge < -0.3 is 15.3 Å². The number of nitrogens with one attached hydrogen (secondary N) is 1. The summed E-state index contributed by atoms with van der Waals surface area (Å²) in [5.41, 5.74) is 0.151. The van der Waals surface area contributed by atoms with E-state index in [0.717, 1.165) is 35.7 Å². The summed E-state index contributed by atoms with van der Waals surface area (Å²) in [5, 5.41) is 12.5. The molecule has 1 aliphatic heterocycles. The average molecular weight is 615 g/mol. The third-order valence-corrected chi connectivity index (χ3v) is 8.51. The summed E-state index contributed by atoms with van der Waals surface area (Å²) in [6, 6.07) is 12.0. The SMILES string of the molecule is O=C(NC1CCC(Cn2c(=O)n(-c3ccc(N4CCC(O)C4)nc3)c3ccccc32)CC1)c1cc(Cl)cnc1C(F)(F)F. The minimum atomic E-state index is -4.78. The van der Waals surface area contributed by atoms with Crippen molar-refractivity contribution in [2.45, 2.75) is 57.0 Å². The lowest BCUT2D eigenvalue weighted by Gasteiger charge is -2.29. The van der Waals surface area contributed by atoms with E-state index in [2.05, 4.69) is 15.3 Å². The number of aliphatic hydroxyl groups excluding tert-OH is 1. The van der Waals surface area contributed by atoms with Crippen molar-refractivity contribution in [1.29, 1.82) is 0 Å². The molecule has 226 valence electrons. The van der Waals surface area contributed by atoms with Gasteiger partial charge in [-0.3, -0.25) is 13.9 Å². The summed E-state index contributed by atoms with van der Waals surface area (Å²) in [6.45, 7) is 1.73. The Morgan fingerprint density at radius 3 is 2.42 bits per heavy atom. The van der Waals surface area contributed by atoms with E-state index >= 15 is 0 Å². The van der Waals surface area contributed by atoms with Gasteiger partial charge in [-0.1, -0.05) is 23.7 Å². The van der Waals surface area contributed by atoms with Crippen LogP contribution in [-0.4, -0.2) is 55.4 Å². The minimum absolute atomic E-state index is 0.0513. The zero-order valence-corrected chi connectivity index (χ0v) is 23.9. The highest BCUT2D eigenvalue weighted by atomic mass is 35.5. The maximum atomic E-state index is 13.7. The molecule has 2 N–H and O–H groups in total. The molecule has 0 bridgehead atoms. The van der Waals surface area contributed by atoms with E-state index in [1.807, 2.05) is 41.3 Å². The number of aromatic nitrogens is 4. The predicted molar refractivity (Wildman–Crippen MR) is 156 cm³/mol. The van der Waals surface area contributed by atoms with Crippen molar-refractivity contribution in [2.75, 3.05) is 18.0 Å². The van der Waals surface area contributed by atoms with Gasteiger partial charge in [0.1, 0.15) is 5.82 Å². The standard InChI is InChI=1S/C30H30ClF3N6O3/c31-19-13-23(27(36-14-19)30(32,33)34)28(42)37-20-7-5-18(6-8-20)16-39-24-3-1-2-4-25(24)40(29(39)43)21-9-10-26(35-15-21)38-12-11-22(41)17-38/h1-4,9-10,13-15,18,20,22,41H,5-8,11-12,16-17H2,(H,37,42). The molecule has 3 aromatic heterocycles. The van der Waals surface area contributed by atoms with Gasteiger partial charge in [0, 0.05) is 31.9 Å². The summed E-state index contributed by atoms with van der Waals surface area (Å²) >= 11 is 5.83. The van der Waals surface area contributed by atoms with Crippen LogP contribution in [0.3, 0.4) is 0 Å². The van der Waals surface area contributed by atoms with Crippen LogP contribution in [0, 0.1) is 5.92 Å². The molecule has 2 aliphatic rings. The molecule has 4 heterocycles. The highest BCUT2D eigenvalue weighted by molar-refractivity contribution is 6.30. The smallest absolute Gasteiger partial charge is 0.391 e. The first kappa shape index (κ1) is 29.2. The van der Waals surface area contributed by atoms with Crippen LogP contribution < -0.4 is 15.9 Å². The molecule has 1 amide bonds. The molecule has 1 aliphatic carbocycles. The maximum Gasteiger partial charge on any atom is 0.434 e. The Balaban J connectivity index is 1.15. The van der Waals surface area contributed by atoms with E-state index in [1.54, 1.807) is 15.3 Å². The second kappa shape index (κ2) is 11.6. The molecule has 6 rings (SSSR count). The number of imidazole rings is 1. The number of carbonyl (C=O) groups excluding carboxylic acids is 1. The molecule has 2 fully saturated rings. The lowest BCUT2D eigenvalue weighted by atomic mass is 9.85. The molecule has 1 aromatic carbocycles. The maximum absolute atomic E-state index is 13.7. The average Bonchev–Trinajstić information content (AvgIpc) is 3.54. The van der Waals surface area contributed by atoms with Crippen molar-refractivity contribution in [1.82, 2.24) is 24.4 Å². The molecule has 1 unspecified atom stereocenters. The third-order valence-electron chi connectivity index (χ3n) is 8.30. The van der Waals surface area contributed by atoms with Crippen molar-refractivity contribution in [3.8, 4) is 5.69 Å². The molecule has 1 saturated carbocycles. The fourth-order valence-corrected chi connectivity index (χ4v) is 6.29. The van der Waals surface area contributed by atoms with Gasteiger partial charge in [-0.25, -0.2) is 14.8 Å². The normalized spacial score (nSPS) is 21.0. The first-order valence-electron chi connectivity index (χ1n) is 14.2. The number of hydrogen-bond acceptors (Lipinski definition) is 6. The third kappa shape index (κ3) is 5.98. The lowest BCUT2D eigenvalue weighted by Crippen LogP contribution is -2.39. The Morgan fingerprint density at radius 2 is 1.77 bits per heavy atom. The monoisotopic (exact) mass is 614 g/mol. The Labute approximate surface area is 249 Å². The molecular weight excluding hydrogens is 585 g/mol. The Kier molecular flexibility index (Phi) is 7.91. The van der Waals surface area contributed by atoms with Gasteiger partial charge in [-0.05, 0) is 68.4 Å². The number of fused-ring (bicyclic) bond motifs is 1.